The third-order valence-corrected chi connectivity index (χ3v) is 5.73. The number of alkyl carbamates (subject to hydrolysis) is 1. The van der Waals surface area contributed by atoms with Crippen LogP contribution in [0, 0.1) is 0 Å². The molecule has 1 aliphatic carbocycles. The van der Waals surface area contributed by atoms with Crippen LogP contribution in [-0.4, -0.2) is 47.7 Å². The van der Waals surface area contributed by atoms with Gasteiger partial charge in [-0.3, -0.25) is 4.98 Å². The quantitative estimate of drug-likeness (QED) is 0.502. The Kier molecular flexibility index (Phi) is 6.68. The first-order valence-corrected chi connectivity index (χ1v) is 10.5. The second-order valence-electron chi connectivity index (χ2n) is 7.71. The summed E-state index contributed by atoms with van der Waals surface area (Å²) in [5.74, 6) is 0.478. The second kappa shape index (κ2) is 9.80. The molecule has 0 saturated carbocycles. The zero-order valence-electron chi connectivity index (χ0n) is 17.8. The number of aliphatic hydroxyl groups excluding tert-OH is 2. The van der Waals surface area contributed by atoms with E-state index in [0.29, 0.717) is 11.3 Å². The van der Waals surface area contributed by atoms with Crippen molar-refractivity contribution in [3.05, 3.63) is 83.7 Å². The highest BCUT2D eigenvalue weighted by Crippen LogP contribution is 2.44. The van der Waals surface area contributed by atoms with Crippen molar-refractivity contribution < 1.29 is 24.5 Å². The Labute approximate surface area is 186 Å². The number of carbonyl (C=O) groups is 1. The number of hydrogen-bond acceptors (Lipinski definition) is 6. The monoisotopic (exact) mass is 434 g/mol. The van der Waals surface area contributed by atoms with Crippen molar-refractivity contribution in [2.75, 3.05) is 20.3 Å². The van der Waals surface area contributed by atoms with Gasteiger partial charge in [-0.05, 0) is 34.7 Å². The van der Waals surface area contributed by atoms with Crippen LogP contribution in [-0.2, 0) is 4.74 Å². The van der Waals surface area contributed by atoms with Crippen molar-refractivity contribution >= 4 is 6.09 Å². The largest absolute Gasteiger partial charge is 0.495 e. The summed E-state index contributed by atoms with van der Waals surface area (Å²) < 4.78 is 10.6. The van der Waals surface area contributed by atoms with E-state index in [1.165, 1.54) is 30.6 Å². The van der Waals surface area contributed by atoms with Crippen LogP contribution < -0.4 is 10.1 Å². The molecule has 2 unspecified atom stereocenters. The number of nitrogens with one attached hydrogen (secondary N) is 1. The minimum atomic E-state index is -1.14. The molecule has 1 amide bonds. The van der Waals surface area contributed by atoms with Gasteiger partial charge < -0.3 is 25.0 Å². The first kappa shape index (κ1) is 21.8. The minimum absolute atomic E-state index is 0.0128. The molecule has 166 valence electrons. The first-order valence-electron chi connectivity index (χ1n) is 10.5. The average molecular weight is 434 g/mol. The number of ether oxygens (including phenoxy) is 2. The van der Waals surface area contributed by atoms with Gasteiger partial charge in [0.25, 0.3) is 0 Å². The van der Waals surface area contributed by atoms with Crippen LogP contribution in [0.1, 0.15) is 35.1 Å². The van der Waals surface area contributed by atoms with E-state index in [4.69, 9.17) is 9.47 Å². The van der Waals surface area contributed by atoms with E-state index in [0.717, 1.165) is 11.1 Å². The summed E-state index contributed by atoms with van der Waals surface area (Å²) in [6, 6.07) is 17.9. The number of fused-ring (bicyclic) bond motifs is 3. The molecule has 3 N–H and O–H groups in total. The van der Waals surface area contributed by atoms with E-state index < -0.39 is 18.3 Å². The predicted octanol–water partition coefficient (Wildman–Crippen LogP) is 3.41. The molecule has 2 aromatic carbocycles. The van der Waals surface area contributed by atoms with Gasteiger partial charge in [0.2, 0.25) is 0 Å². The summed E-state index contributed by atoms with van der Waals surface area (Å²) in [5, 5.41) is 23.2. The molecule has 0 spiro atoms. The predicted molar refractivity (Wildman–Crippen MR) is 119 cm³/mol. The van der Waals surface area contributed by atoms with E-state index in [2.05, 4.69) is 34.6 Å². The molecular formula is C25H26N2O5. The summed E-state index contributed by atoms with van der Waals surface area (Å²) in [5.41, 5.74) is 5.07. The number of pyridine rings is 1. The molecule has 7 nitrogen and oxygen atoms in total. The van der Waals surface area contributed by atoms with Gasteiger partial charge >= 0.3 is 6.09 Å². The molecule has 1 heterocycles. The first-order chi connectivity index (χ1) is 15.6. The minimum Gasteiger partial charge on any atom is -0.495 e. The maximum Gasteiger partial charge on any atom is 0.407 e. The van der Waals surface area contributed by atoms with Crippen molar-refractivity contribution in [1.82, 2.24) is 10.3 Å². The Hall–Kier alpha value is -3.42. The summed E-state index contributed by atoms with van der Waals surface area (Å²) in [6.45, 7) is 0.382. The molecule has 0 bridgehead atoms. The van der Waals surface area contributed by atoms with Gasteiger partial charge in [-0.25, -0.2) is 4.79 Å². The number of hydrogen-bond donors (Lipinski definition) is 3. The number of amides is 1. The van der Waals surface area contributed by atoms with Crippen molar-refractivity contribution in [3.63, 3.8) is 0 Å². The summed E-state index contributed by atoms with van der Waals surface area (Å²) in [6.07, 6.45) is 0.371. The fourth-order valence-corrected chi connectivity index (χ4v) is 4.06. The van der Waals surface area contributed by atoms with Gasteiger partial charge in [-0.15, -0.1) is 0 Å². The summed E-state index contributed by atoms with van der Waals surface area (Å²) >= 11 is 0. The average Bonchev–Trinajstić information content (AvgIpc) is 3.16. The Morgan fingerprint density at radius 3 is 2.38 bits per heavy atom. The highest BCUT2D eigenvalue weighted by atomic mass is 16.5. The highest BCUT2D eigenvalue weighted by Gasteiger charge is 2.29. The van der Waals surface area contributed by atoms with Gasteiger partial charge in [-0.1, -0.05) is 48.5 Å². The van der Waals surface area contributed by atoms with Crippen LogP contribution in [0.25, 0.3) is 11.1 Å². The third-order valence-electron chi connectivity index (χ3n) is 5.73. The van der Waals surface area contributed by atoms with Crippen LogP contribution in [0.3, 0.4) is 0 Å². The van der Waals surface area contributed by atoms with Crippen molar-refractivity contribution in [1.29, 1.82) is 0 Å². The zero-order valence-corrected chi connectivity index (χ0v) is 17.8. The third kappa shape index (κ3) is 4.59. The molecule has 0 fully saturated rings. The Balaban J connectivity index is 1.28. The molecule has 1 aromatic heterocycles. The van der Waals surface area contributed by atoms with E-state index >= 15 is 0 Å². The summed E-state index contributed by atoms with van der Waals surface area (Å²) in [7, 11) is 1.50. The molecule has 7 heteroatoms. The maximum absolute atomic E-state index is 12.2. The lowest BCUT2D eigenvalue weighted by atomic mass is 9.98. The van der Waals surface area contributed by atoms with Crippen LogP contribution in [0.15, 0.2) is 67.0 Å². The molecule has 0 radical (unpaired) electrons. The molecule has 1 aliphatic rings. The highest BCUT2D eigenvalue weighted by molar-refractivity contribution is 5.79. The van der Waals surface area contributed by atoms with E-state index in [-0.39, 0.29) is 25.5 Å². The number of aliphatic hydroxyl groups is 2. The number of rotatable bonds is 8. The number of nitrogens with zero attached hydrogens (tertiary/aromatic N) is 1. The van der Waals surface area contributed by atoms with Crippen LogP contribution in [0.2, 0.25) is 0 Å². The number of benzene rings is 2. The van der Waals surface area contributed by atoms with Crippen molar-refractivity contribution in [3.8, 4) is 16.9 Å². The van der Waals surface area contributed by atoms with Gasteiger partial charge in [0, 0.05) is 24.2 Å². The van der Waals surface area contributed by atoms with Crippen molar-refractivity contribution in [2.24, 2.45) is 0 Å². The molecule has 0 saturated heterocycles. The standard InChI is InChI=1S/C25H26N2O5/c1-31-17-12-16(13-26-14-17)24(29)23(28)10-11-27-25(30)32-15-22-20-8-4-2-6-18(20)19-7-3-5-9-21(19)22/h2-9,12-14,22-24,28-29H,10-11,15H2,1H3,(H,27,30). The normalized spacial score (nSPS) is 14.2. The number of carbonyl (C=O) groups excluding carboxylic acids is 1. The zero-order chi connectivity index (χ0) is 22.5. The second-order valence-corrected chi connectivity index (χ2v) is 7.71. The smallest absolute Gasteiger partial charge is 0.407 e. The molecule has 4 rings (SSSR count). The molecular weight excluding hydrogens is 408 g/mol. The fourth-order valence-electron chi connectivity index (χ4n) is 4.06. The maximum atomic E-state index is 12.2. The fraction of sp³-hybridized carbons (Fsp3) is 0.280. The molecule has 32 heavy (non-hydrogen) atoms. The van der Waals surface area contributed by atoms with E-state index in [1.54, 1.807) is 6.07 Å². The number of aromatic nitrogens is 1. The summed E-state index contributed by atoms with van der Waals surface area (Å²) in [4.78, 5) is 16.2. The SMILES string of the molecule is COc1cncc(C(O)C(O)CCNC(=O)OCC2c3ccccc3-c3ccccc32)c1. The molecule has 3 aromatic rings. The number of methoxy groups -OCH3 is 1. The lowest BCUT2D eigenvalue weighted by molar-refractivity contribution is 0.0134. The van der Waals surface area contributed by atoms with Crippen LogP contribution in [0.4, 0.5) is 4.79 Å². The lowest BCUT2D eigenvalue weighted by Crippen LogP contribution is -2.30. The molecule has 2 atom stereocenters. The van der Waals surface area contributed by atoms with Gasteiger partial charge in [0.05, 0.1) is 19.4 Å². The van der Waals surface area contributed by atoms with E-state index in [1.807, 2.05) is 24.3 Å². The van der Waals surface area contributed by atoms with Crippen LogP contribution in [0.5, 0.6) is 5.75 Å². The van der Waals surface area contributed by atoms with Crippen LogP contribution >= 0.6 is 0 Å². The van der Waals surface area contributed by atoms with Gasteiger partial charge in [0.1, 0.15) is 18.5 Å². The topological polar surface area (TPSA) is 101 Å². The Morgan fingerprint density at radius 2 is 1.72 bits per heavy atom. The Morgan fingerprint density at radius 1 is 1.06 bits per heavy atom. The van der Waals surface area contributed by atoms with Gasteiger partial charge in [-0.2, -0.15) is 0 Å². The molecule has 0 aliphatic heterocycles. The van der Waals surface area contributed by atoms with Crippen molar-refractivity contribution in [2.45, 2.75) is 24.5 Å². The van der Waals surface area contributed by atoms with Gasteiger partial charge in [0.15, 0.2) is 0 Å². The van der Waals surface area contributed by atoms with E-state index in [9.17, 15) is 15.0 Å². The lowest BCUT2D eigenvalue weighted by Gasteiger charge is -2.19. The Bertz CT molecular complexity index is 1040.